The number of nitrogens with one attached hydrogen (secondary N) is 2. The molecule has 1 aliphatic heterocycles. The van der Waals surface area contributed by atoms with Crippen molar-refractivity contribution in [1.29, 1.82) is 0 Å². The number of likely N-dealkylation sites (tertiary alicyclic amines) is 1. The Morgan fingerprint density at radius 3 is 2.33 bits per heavy atom. The molecule has 122 valence electrons. The Bertz CT molecular complexity index is 363. The molecule has 2 amide bonds. The van der Waals surface area contributed by atoms with Crippen molar-refractivity contribution in [3.05, 3.63) is 0 Å². The molecule has 1 atom stereocenters. The standard InChI is InChI=1S/C15H30N4O2/c1-11(2)13(16)14(21)17-9-12(20)18-10-15(3)5-7-19(4)8-6-15/h11,13H,5-10,16H2,1-4H3,(H,17,21)(H,18,20)/t13-/m0/s1. The minimum Gasteiger partial charge on any atom is -0.354 e. The first-order valence-electron chi connectivity index (χ1n) is 7.72. The zero-order chi connectivity index (χ0) is 16.0. The van der Waals surface area contributed by atoms with Crippen molar-refractivity contribution < 1.29 is 9.59 Å². The Morgan fingerprint density at radius 1 is 1.24 bits per heavy atom. The highest BCUT2D eigenvalue weighted by atomic mass is 16.2. The van der Waals surface area contributed by atoms with Crippen LogP contribution in [-0.4, -0.2) is 56.0 Å². The topological polar surface area (TPSA) is 87.5 Å². The zero-order valence-corrected chi connectivity index (χ0v) is 13.7. The van der Waals surface area contributed by atoms with Gasteiger partial charge in [-0.05, 0) is 44.3 Å². The number of nitrogens with zero attached hydrogens (tertiary/aromatic N) is 1. The van der Waals surface area contributed by atoms with E-state index in [4.69, 9.17) is 5.73 Å². The average Bonchev–Trinajstić information content (AvgIpc) is 2.45. The minimum atomic E-state index is -0.566. The lowest BCUT2D eigenvalue weighted by Gasteiger charge is -2.37. The average molecular weight is 298 g/mol. The van der Waals surface area contributed by atoms with Gasteiger partial charge in [0.1, 0.15) is 0 Å². The second kappa shape index (κ2) is 7.75. The van der Waals surface area contributed by atoms with Crippen LogP contribution in [0.5, 0.6) is 0 Å². The van der Waals surface area contributed by atoms with Gasteiger partial charge in [0.2, 0.25) is 11.8 Å². The maximum absolute atomic E-state index is 11.8. The predicted molar refractivity (Wildman–Crippen MR) is 83.7 cm³/mol. The van der Waals surface area contributed by atoms with Crippen LogP contribution >= 0.6 is 0 Å². The highest BCUT2D eigenvalue weighted by molar-refractivity contribution is 5.87. The van der Waals surface area contributed by atoms with Crippen LogP contribution < -0.4 is 16.4 Å². The minimum absolute atomic E-state index is 0.00473. The number of amides is 2. The summed E-state index contributed by atoms with van der Waals surface area (Å²) in [5.74, 6) is -0.365. The lowest BCUT2D eigenvalue weighted by atomic mass is 9.80. The molecule has 4 N–H and O–H groups in total. The molecule has 1 saturated heterocycles. The van der Waals surface area contributed by atoms with E-state index in [1.165, 1.54) is 0 Å². The maximum atomic E-state index is 11.8. The van der Waals surface area contributed by atoms with Crippen LogP contribution in [-0.2, 0) is 9.59 Å². The van der Waals surface area contributed by atoms with E-state index in [2.05, 4.69) is 29.5 Å². The van der Waals surface area contributed by atoms with Gasteiger partial charge >= 0.3 is 0 Å². The van der Waals surface area contributed by atoms with Crippen molar-refractivity contribution in [1.82, 2.24) is 15.5 Å². The molecule has 1 rings (SSSR count). The van der Waals surface area contributed by atoms with Gasteiger partial charge in [-0.3, -0.25) is 9.59 Å². The van der Waals surface area contributed by atoms with Gasteiger partial charge in [0.05, 0.1) is 12.6 Å². The fraction of sp³-hybridized carbons (Fsp3) is 0.867. The first-order valence-corrected chi connectivity index (χ1v) is 7.72. The number of piperidine rings is 1. The molecule has 0 spiro atoms. The molecule has 0 aliphatic carbocycles. The molecule has 0 aromatic heterocycles. The molecule has 1 heterocycles. The Balaban J connectivity index is 2.27. The number of carbonyl (C=O) groups is 2. The van der Waals surface area contributed by atoms with Crippen molar-refractivity contribution in [2.45, 2.75) is 39.7 Å². The van der Waals surface area contributed by atoms with Gasteiger partial charge in [-0.15, -0.1) is 0 Å². The van der Waals surface area contributed by atoms with Crippen molar-refractivity contribution in [2.24, 2.45) is 17.1 Å². The molecule has 21 heavy (non-hydrogen) atoms. The third-order valence-electron chi connectivity index (χ3n) is 4.35. The number of carbonyl (C=O) groups excluding carboxylic acids is 2. The molecule has 0 unspecified atom stereocenters. The smallest absolute Gasteiger partial charge is 0.239 e. The van der Waals surface area contributed by atoms with E-state index in [1.807, 2.05) is 13.8 Å². The SMILES string of the molecule is CC(C)[C@H](N)C(=O)NCC(=O)NCC1(C)CCN(C)CC1. The van der Waals surface area contributed by atoms with Crippen LogP contribution in [0.25, 0.3) is 0 Å². The third kappa shape index (κ3) is 6.01. The molecule has 0 saturated carbocycles. The second-order valence-corrected chi connectivity index (χ2v) is 6.88. The lowest BCUT2D eigenvalue weighted by molar-refractivity contribution is -0.127. The van der Waals surface area contributed by atoms with Gasteiger partial charge < -0.3 is 21.3 Å². The number of hydrogen-bond donors (Lipinski definition) is 3. The number of rotatable bonds is 6. The highest BCUT2D eigenvalue weighted by Crippen LogP contribution is 2.29. The number of hydrogen-bond acceptors (Lipinski definition) is 4. The first kappa shape index (κ1) is 17.9. The summed E-state index contributed by atoms with van der Waals surface area (Å²) in [6, 6.07) is -0.566. The summed E-state index contributed by atoms with van der Waals surface area (Å²) in [5.41, 5.74) is 5.88. The van der Waals surface area contributed by atoms with Crippen LogP contribution in [0.2, 0.25) is 0 Å². The van der Waals surface area contributed by atoms with Crippen molar-refractivity contribution in [3.63, 3.8) is 0 Å². The second-order valence-electron chi connectivity index (χ2n) is 6.88. The summed E-state index contributed by atoms with van der Waals surface area (Å²) < 4.78 is 0. The molecule has 6 heteroatoms. The van der Waals surface area contributed by atoms with Crippen molar-refractivity contribution in [2.75, 3.05) is 33.2 Å². The molecule has 0 aromatic rings. The molecule has 6 nitrogen and oxygen atoms in total. The molecular weight excluding hydrogens is 268 g/mol. The molecule has 1 aliphatic rings. The normalized spacial score (nSPS) is 20.1. The van der Waals surface area contributed by atoms with E-state index in [0.29, 0.717) is 6.54 Å². The Hall–Kier alpha value is -1.14. The van der Waals surface area contributed by atoms with E-state index in [9.17, 15) is 9.59 Å². The van der Waals surface area contributed by atoms with Gasteiger partial charge in [-0.25, -0.2) is 0 Å². The van der Waals surface area contributed by atoms with Gasteiger partial charge in [-0.2, -0.15) is 0 Å². The molecular formula is C15H30N4O2. The third-order valence-corrected chi connectivity index (χ3v) is 4.35. The fourth-order valence-corrected chi connectivity index (χ4v) is 2.30. The van der Waals surface area contributed by atoms with E-state index in [0.717, 1.165) is 25.9 Å². The van der Waals surface area contributed by atoms with E-state index >= 15 is 0 Å². The first-order chi connectivity index (χ1) is 9.73. The zero-order valence-electron chi connectivity index (χ0n) is 13.7. The molecule has 0 aromatic carbocycles. The maximum Gasteiger partial charge on any atom is 0.239 e. The Morgan fingerprint density at radius 2 is 1.81 bits per heavy atom. The van der Waals surface area contributed by atoms with Gasteiger partial charge in [-0.1, -0.05) is 20.8 Å². The summed E-state index contributed by atoms with van der Waals surface area (Å²) in [6.45, 7) is 8.74. The predicted octanol–water partition coefficient (Wildman–Crippen LogP) is -0.0660. The monoisotopic (exact) mass is 298 g/mol. The van der Waals surface area contributed by atoms with E-state index in [1.54, 1.807) is 0 Å². The van der Waals surface area contributed by atoms with Crippen LogP contribution in [0.3, 0.4) is 0 Å². The van der Waals surface area contributed by atoms with Crippen LogP contribution in [0.4, 0.5) is 0 Å². The summed E-state index contributed by atoms with van der Waals surface area (Å²) in [5, 5.41) is 5.50. The lowest BCUT2D eigenvalue weighted by Crippen LogP contribution is -2.49. The summed E-state index contributed by atoms with van der Waals surface area (Å²) >= 11 is 0. The summed E-state index contributed by atoms with van der Waals surface area (Å²) in [4.78, 5) is 25.8. The van der Waals surface area contributed by atoms with Crippen molar-refractivity contribution >= 4 is 11.8 Å². The molecule has 0 bridgehead atoms. The molecule has 1 fully saturated rings. The Kier molecular flexibility index (Phi) is 6.61. The van der Waals surface area contributed by atoms with Gasteiger partial charge in [0.15, 0.2) is 0 Å². The van der Waals surface area contributed by atoms with Crippen LogP contribution in [0, 0.1) is 11.3 Å². The van der Waals surface area contributed by atoms with E-state index < -0.39 is 6.04 Å². The summed E-state index contributed by atoms with van der Waals surface area (Å²) in [6.07, 6.45) is 2.16. The van der Waals surface area contributed by atoms with Crippen molar-refractivity contribution in [3.8, 4) is 0 Å². The van der Waals surface area contributed by atoms with E-state index in [-0.39, 0.29) is 29.7 Å². The van der Waals surface area contributed by atoms with Gasteiger partial charge in [0.25, 0.3) is 0 Å². The summed E-state index contributed by atoms with van der Waals surface area (Å²) in [7, 11) is 2.12. The largest absolute Gasteiger partial charge is 0.354 e. The van der Waals surface area contributed by atoms with Crippen LogP contribution in [0.15, 0.2) is 0 Å². The highest BCUT2D eigenvalue weighted by Gasteiger charge is 2.29. The quantitative estimate of drug-likeness (QED) is 0.641. The van der Waals surface area contributed by atoms with Gasteiger partial charge in [0, 0.05) is 6.54 Å². The van der Waals surface area contributed by atoms with Crippen LogP contribution in [0.1, 0.15) is 33.6 Å². The number of nitrogens with two attached hydrogens (primary N) is 1. The Labute approximate surface area is 127 Å². The fourth-order valence-electron chi connectivity index (χ4n) is 2.30. The molecule has 0 radical (unpaired) electrons.